The highest BCUT2D eigenvalue weighted by Gasteiger charge is 2.34. The normalized spacial score (nSPS) is 16.2. The molecule has 0 N–H and O–H groups in total. The molecular weight excluding hydrogens is 395 g/mol. The molecule has 0 saturated carbocycles. The summed E-state index contributed by atoms with van der Waals surface area (Å²) in [6, 6.07) is 1.13. The number of likely N-dealkylation sites (tertiary alicyclic amines) is 1. The van der Waals surface area contributed by atoms with E-state index in [-0.39, 0.29) is 18.0 Å². The Kier molecular flexibility index (Phi) is 7.07. The van der Waals surface area contributed by atoms with E-state index in [1.54, 1.807) is 4.90 Å². The van der Waals surface area contributed by atoms with Gasteiger partial charge in [0.15, 0.2) is 0 Å². The van der Waals surface area contributed by atoms with Gasteiger partial charge in [0.2, 0.25) is 0 Å². The van der Waals surface area contributed by atoms with Crippen LogP contribution < -0.4 is 4.90 Å². The van der Waals surface area contributed by atoms with Crippen molar-refractivity contribution in [2.24, 2.45) is 0 Å². The van der Waals surface area contributed by atoms with Gasteiger partial charge in [-0.05, 0) is 46.6 Å². The molecule has 2 rings (SSSR count). The van der Waals surface area contributed by atoms with Crippen LogP contribution >= 0.6 is 11.6 Å². The van der Waals surface area contributed by atoms with Gasteiger partial charge in [-0.3, -0.25) is 0 Å². The highest BCUT2D eigenvalue weighted by molar-refractivity contribution is 6.17. The molecule has 0 radical (unpaired) electrons. The smallest absolute Gasteiger partial charge is 0.417 e. The molecule has 28 heavy (non-hydrogen) atoms. The summed E-state index contributed by atoms with van der Waals surface area (Å²) in [5.41, 5.74) is -1.00. The number of nitrogens with zero attached hydrogens (tertiary/aromatic N) is 3. The van der Waals surface area contributed by atoms with Crippen molar-refractivity contribution in [2.75, 3.05) is 24.5 Å². The van der Waals surface area contributed by atoms with E-state index in [4.69, 9.17) is 16.3 Å². The van der Waals surface area contributed by atoms with Crippen LogP contribution in [0.1, 0.15) is 51.7 Å². The summed E-state index contributed by atoms with van der Waals surface area (Å²) >= 11 is 5.92. The van der Waals surface area contributed by atoms with Crippen molar-refractivity contribution in [3.05, 3.63) is 23.4 Å². The predicted molar refractivity (Wildman–Crippen MR) is 103 cm³/mol. The number of carbonyl (C=O) groups excluding carboxylic acids is 1. The zero-order valence-corrected chi connectivity index (χ0v) is 17.4. The number of amides is 1. The van der Waals surface area contributed by atoms with E-state index in [0.29, 0.717) is 43.9 Å². The number of anilines is 1. The number of aromatic nitrogens is 1. The molecule has 1 aliphatic rings. The Morgan fingerprint density at radius 2 is 1.93 bits per heavy atom. The Morgan fingerprint density at radius 1 is 1.32 bits per heavy atom. The Balaban J connectivity index is 2.12. The monoisotopic (exact) mass is 421 g/mol. The fourth-order valence-corrected chi connectivity index (χ4v) is 3.48. The Morgan fingerprint density at radius 3 is 2.39 bits per heavy atom. The highest BCUT2D eigenvalue weighted by atomic mass is 35.5. The van der Waals surface area contributed by atoms with Crippen LogP contribution in [0.3, 0.4) is 0 Å². The van der Waals surface area contributed by atoms with Crippen molar-refractivity contribution in [2.45, 2.75) is 64.2 Å². The standard InChI is InChI=1S/C19H27ClF3N3O2/c1-5-26(16-13(11-20)10-14(12-24-16)19(21,22)23)15-6-8-25(9-7-15)17(27)28-18(2,3)4/h10,12,15H,5-9,11H2,1-4H3. The lowest BCUT2D eigenvalue weighted by Crippen LogP contribution is -2.48. The molecule has 158 valence electrons. The molecule has 1 saturated heterocycles. The van der Waals surface area contributed by atoms with E-state index in [9.17, 15) is 18.0 Å². The van der Waals surface area contributed by atoms with Crippen molar-refractivity contribution >= 4 is 23.5 Å². The van der Waals surface area contributed by atoms with E-state index in [0.717, 1.165) is 12.3 Å². The van der Waals surface area contributed by atoms with E-state index in [1.165, 1.54) is 0 Å². The molecule has 1 aromatic heterocycles. The van der Waals surface area contributed by atoms with Gasteiger partial charge in [0.1, 0.15) is 11.4 Å². The molecule has 1 amide bonds. The Hall–Kier alpha value is -1.70. The predicted octanol–water partition coefficient (Wildman–Crippen LogP) is 5.07. The number of carbonyl (C=O) groups is 1. The number of hydrogen-bond donors (Lipinski definition) is 0. The molecule has 9 heteroatoms. The third kappa shape index (κ3) is 5.65. The van der Waals surface area contributed by atoms with Crippen LogP contribution in [0.2, 0.25) is 0 Å². The molecule has 0 atom stereocenters. The van der Waals surface area contributed by atoms with Crippen LogP contribution in [0.4, 0.5) is 23.8 Å². The lowest BCUT2D eigenvalue weighted by molar-refractivity contribution is -0.137. The molecule has 2 heterocycles. The van der Waals surface area contributed by atoms with Crippen LogP contribution in [0.5, 0.6) is 0 Å². The van der Waals surface area contributed by atoms with Gasteiger partial charge >= 0.3 is 12.3 Å². The second-order valence-electron chi connectivity index (χ2n) is 7.82. The first-order valence-corrected chi connectivity index (χ1v) is 9.86. The summed E-state index contributed by atoms with van der Waals surface area (Å²) < 4.78 is 44.3. The van der Waals surface area contributed by atoms with Gasteiger partial charge in [0, 0.05) is 37.4 Å². The van der Waals surface area contributed by atoms with E-state index >= 15 is 0 Å². The maximum absolute atomic E-state index is 13.0. The number of hydrogen-bond acceptors (Lipinski definition) is 4. The summed E-state index contributed by atoms with van der Waals surface area (Å²) in [4.78, 5) is 19.9. The molecule has 0 aromatic carbocycles. The number of alkyl halides is 4. The molecule has 0 aliphatic carbocycles. The van der Waals surface area contributed by atoms with Crippen molar-refractivity contribution < 1.29 is 22.7 Å². The lowest BCUT2D eigenvalue weighted by Gasteiger charge is -2.39. The van der Waals surface area contributed by atoms with Gasteiger partial charge in [0.05, 0.1) is 11.4 Å². The van der Waals surface area contributed by atoms with Gasteiger partial charge in [-0.1, -0.05) is 0 Å². The van der Waals surface area contributed by atoms with Crippen molar-refractivity contribution in [3.63, 3.8) is 0 Å². The van der Waals surface area contributed by atoms with E-state index in [1.807, 2.05) is 32.6 Å². The summed E-state index contributed by atoms with van der Waals surface area (Å²) in [6.07, 6.45) is -2.59. The fraction of sp³-hybridized carbons (Fsp3) is 0.684. The average Bonchev–Trinajstić information content (AvgIpc) is 2.60. The van der Waals surface area contributed by atoms with Crippen LogP contribution in [0.25, 0.3) is 0 Å². The molecule has 1 aromatic rings. The summed E-state index contributed by atoms with van der Waals surface area (Å²) in [5, 5.41) is 0. The van der Waals surface area contributed by atoms with Crippen molar-refractivity contribution in [1.29, 1.82) is 0 Å². The van der Waals surface area contributed by atoms with Gasteiger partial charge in [-0.25, -0.2) is 9.78 Å². The van der Waals surface area contributed by atoms with Crippen molar-refractivity contribution in [3.8, 4) is 0 Å². The lowest BCUT2D eigenvalue weighted by atomic mass is 10.0. The van der Waals surface area contributed by atoms with Crippen LogP contribution in [-0.4, -0.2) is 47.3 Å². The topological polar surface area (TPSA) is 45.7 Å². The van der Waals surface area contributed by atoms with Gasteiger partial charge in [-0.2, -0.15) is 13.2 Å². The maximum atomic E-state index is 13.0. The molecule has 5 nitrogen and oxygen atoms in total. The SMILES string of the molecule is CCN(c1ncc(C(F)(F)F)cc1CCl)C1CCN(C(=O)OC(C)(C)C)CC1. The van der Waals surface area contributed by atoms with Crippen LogP contribution in [-0.2, 0) is 16.8 Å². The minimum Gasteiger partial charge on any atom is -0.444 e. The average molecular weight is 422 g/mol. The zero-order chi connectivity index (χ0) is 21.1. The molecule has 1 fully saturated rings. The minimum absolute atomic E-state index is 0.0560. The Labute approximate surface area is 168 Å². The summed E-state index contributed by atoms with van der Waals surface area (Å²) in [6.45, 7) is 9.01. The first kappa shape index (κ1) is 22.6. The van der Waals surface area contributed by atoms with E-state index in [2.05, 4.69) is 4.98 Å². The number of rotatable bonds is 4. The van der Waals surface area contributed by atoms with E-state index < -0.39 is 17.3 Å². The van der Waals surface area contributed by atoms with Crippen LogP contribution in [0.15, 0.2) is 12.3 Å². The minimum atomic E-state index is -4.46. The first-order valence-electron chi connectivity index (χ1n) is 9.33. The van der Waals surface area contributed by atoms with Crippen LogP contribution in [0, 0.1) is 0 Å². The van der Waals surface area contributed by atoms with Crippen molar-refractivity contribution in [1.82, 2.24) is 9.88 Å². The molecular formula is C19H27ClF3N3O2. The number of ether oxygens (including phenoxy) is 1. The summed E-state index contributed by atoms with van der Waals surface area (Å²) in [5.74, 6) is 0.417. The molecule has 0 bridgehead atoms. The van der Waals surface area contributed by atoms with Gasteiger partial charge < -0.3 is 14.5 Å². The number of halogens is 4. The van der Waals surface area contributed by atoms with Gasteiger partial charge in [0.25, 0.3) is 0 Å². The zero-order valence-electron chi connectivity index (χ0n) is 16.6. The number of piperidine rings is 1. The van der Waals surface area contributed by atoms with Gasteiger partial charge in [-0.15, -0.1) is 11.6 Å². The highest BCUT2D eigenvalue weighted by Crippen LogP contribution is 2.33. The quantitative estimate of drug-likeness (QED) is 0.637. The molecule has 0 spiro atoms. The Bertz CT molecular complexity index is 684. The third-order valence-corrected chi connectivity index (χ3v) is 4.87. The summed E-state index contributed by atoms with van der Waals surface area (Å²) in [7, 11) is 0. The molecule has 1 aliphatic heterocycles. The second kappa shape index (κ2) is 8.76. The maximum Gasteiger partial charge on any atom is 0.417 e. The second-order valence-corrected chi connectivity index (χ2v) is 8.09. The first-order chi connectivity index (χ1) is 13.0. The third-order valence-electron chi connectivity index (χ3n) is 4.58. The largest absolute Gasteiger partial charge is 0.444 e. The fourth-order valence-electron chi connectivity index (χ4n) is 3.28. The molecule has 0 unspecified atom stereocenters. The number of pyridine rings is 1.